The lowest BCUT2D eigenvalue weighted by atomic mass is 10.1. The molecule has 0 bridgehead atoms. The Morgan fingerprint density at radius 2 is 1.91 bits per heavy atom. The lowest BCUT2D eigenvalue weighted by Gasteiger charge is -2.00. The molecule has 0 saturated heterocycles. The Hall–Kier alpha value is -2.34. The topological polar surface area (TPSA) is 59.2 Å². The molecule has 0 unspecified atom stereocenters. The van der Waals surface area contributed by atoms with Gasteiger partial charge in [0, 0.05) is 5.75 Å². The minimum atomic E-state index is -0.260. The maximum atomic E-state index is 12.8. The third-order valence-corrected chi connectivity index (χ3v) is 3.96. The van der Waals surface area contributed by atoms with Crippen molar-refractivity contribution in [3.05, 3.63) is 59.4 Å². The van der Waals surface area contributed by atoms with Crippen LogP contribution in [-0.2, 0) is 5.75 Å². The smallest absolute Gasteiger partial charge is 0.277 e. The molecule has 0 atom stereocenters. The monoisotopic (exact) mass is 316 g/mol. The van der Waals surface area contributed by atoms with Crippen LogP contribution in [0.2, 0.25) is 0 Å². The fraction of sp³-hybridized carbons (Fsp3) is 0.125. The number of aromatic nitrogens is 2. The highest BCUT2D eigenvalue weighted by Gasteiger charge is 2.13. The Balaban J connectivity index is 1.72. The number of phenols is 1. The zero-order chi connectivity index (χ0) is 15.5. The van der Waals surface area contributed by atoms with E-state index in [1.807, 2.05) is 13.0 Å². The van der Waals surface area contributed by atoms with E-state index in [4.69, 9.17) is 4.42 Å². The van der Waals surface area contributed by atoms with Gasteiger partial charge in [0.15, 0.2) is 0 Å². The number of phenolic OH excluding ortho intramolecular Hbond substituents is 1. The molecule has 22 heavy (non-hydrogen) atoms. The fourth-order valence-electron chi connectivity index (χ4n) is 1.93. The molecule has 0 aliphatic carbocycles. The molecule has 0 fully saturated rings. The van der Waals surface area contributed by atoms with Gasteiger partial charge in [-0.3, -0.25) is 0 Å². The molecule has 1 heterocycles. The lowest BCUT2D eigenvalue weighted by Crippen LogP contribution is -1.81. The van der Waals surface area contributed by atoms with E-state index in [0.29, 0.717) is 16.5 Å². The Bertz CT molecular complexity index is 787. The van der Waals surface area contributed by atoms with E-state index in [1.54, 1.807) is 24.3 Å². The molecule has 4 nitrogen and oxygen atoms in total. The van der Waals surface area contributed by atoms with Gasteiger partial charge in [0.1, 0.15) is 11.6 Å². The highest BCUT2D eigenvalue weighted by Crippen LogP contribution is 2.31. The zero-order valence-electron chi connectivity index (χ0n) is 11.8. The Morgan fingerprint density at radius 1 is 1.14 bits per heavy atom. The van der Waals surface area contributed by atoms with Crippen LogP contribution in [0.25, 0.3) is 11.5 Å². The summed E-state index contributed by atoms with van der Waals surface area (Å²) in [5.41, 5.74) is 2.42. The van der Waals surface area contributed by atoms with E-state index in [9.17, 15) is 9.50 Å². The molecule has 0 radical (unpaired) electrons. The highest BCUT2D eigenvalue weighted by atomic mass is 32.2. The second-order valence-corrected chi connectivity index (χ2v) is 5.74. The summed E-state index contributed by atoms with van der Waals surface area (Å²) in [4.78, 5) is 0. The number of rotatable bonds is 4. The van der Waals surface area contributed by atoms with Gasteiger partial charge in [-0.15, -0.1) is 10.2 Å². The van der Waals surface area contributed by atoms with E-state index >= 15 is 0 Å². The fourth-order valence-corrected chi connectivity index (χ4v) is 2.64. The first kappa shape index (κ1) is 14.6. The van der Waals surface area contributed by atoms with Crippen LogP contribution in [0.15, 0.2) is 52.1 Å². The molecule has 3 rings (SSSR count). The maximum Gasteiger partial charge on any atom is 0.277 e. The number of aryl methyl sites for hydroxylation is 1. The van der Waals surface area contributed by atoms with Gasteiger partial charge in [0.05, 0.1) is 5.56 Å². The van der Waals surface area contributed by atoms with Crippen molar-refractivity contribution in [3.63, 3.8) is 0 Å². The summed E-state index contributed by atoms with van der Waals surface area (Å²) in [7, 11) is 0. The van der Waals surface area contributed by atoms with Crippen LogP contribution in [0.5, 0.6) is 5.75 Å². The summed E-state index contributed by atoms with van der Waals surface area (Å²) in [5, 5.41) is 18.2. The summed E-state index contributed by atoms with van der Waals surface area (Å²) in [6.07, 6.45) is 0. The van der Waals surface area contributed by atoms with Crippen LogP contribution in [0, 0.1) is 12.7 Å². The number of halogens is 1. The summed E-state index contributed by atoms with van der Waals surface area (Å²) < 4.78 is 18.4. The standard InChI is InChI=1S/C16H13FN2O2S/c1-10-2-7-13(14(20)8-10)15-18-19-16(21-15)22-9-11-3-5-12(17)6-4-11/h2-8,20H,9H2,1H3. The van der Waals surface area contributed by atoms with Gasteiger partial charge in [0.2, 0.25) is 0 Å². The maximum absolute atomic E-state index is 12.8. The van der Waals surface area contributed by atoms with Crippen molar-refractivity contribution in [2.45, 2.75) is 17.9 Å². The predicted molar refractivity (Wildman–Crippen MR) is 82.1 cm³/mol. The molecule has 0 spiro atoms. The third kappa shape index (κ3) is 3.28. The summed E-state index contributed by atoms with van der Waals surface area (Å²) >= 11 is 1.36. The van der Waals surface area contributed by atoms with E-state index in [2.05, 4.69) is 10.2 Å². The molecule has 2 aromatic carbocycles. The van der Waals surface area contributed by atoms with Gasteiger partial charge in [-0.25, -0.2) is 4.39 Å². The Labute approximate surface area is 131 Å². The van der Waals surface area contributed by atoms with E-state index in [-0.39, 0.29) is 17.5 Å². The molecular formula is C16H13FN2O2S. The summed E-state index contributed by atoms with van der Waals surface area (Å²) in [6, 6.07) is 11.5. The second-order valence-electron chi connectivity index (χ2n) is 4.81. The Morgan fingerprint density at radius 3 is 2.64 bits per heavy atom. The van der Waals surface area contributed by atoms with Crippen LogP contribution in [-0.4, -0.2) is 15.3 Å². The first-order valence-electron chi connectivity index (χ1n) is 6.62. The molecule has 3 aromatic rings. The molecule has 0 amide bonds. The van der Waals surface area contributed by atoms with Crippen LogP contribution in [0.4, 0.5) is 4.39 Å². The summed E-state index contributed by atoms with van der Waals surface area (Å²) in [6.45, 7) is 1.89. The van der Waals surface area contributed by atoms with Crippen molar-refractivity contribution >= 4 is 11.8 Å². The van der Waals surface area contributed by atoms with Crippen molar-refractivity contribution < 1.29 is 13.9 Å². The molecule has 112 valence electrons. The molecule has 1 N–H and O–H groups in total. The van der Waals surface area contributed by atoms with Crippen molar-refractivity contribution in [1.29, 1.82) is 0 Å². The number of hydrogen-bond donors (Lipinski definition) is 1. The van der Waals surface area contributed by atoms with Crippen molar-refractivity contribution in [2.75, 3.05) is 0 Å². The number of nitrogens with zero attached hydrogens (tertiary/aromatic N) is 2. The zero-order valence-corrected chi connectivity index (χ0v) is 12.6. The molecule has 0 saturated carbocycles. The van der Waals surface area contributed by atoms with E-state index in [1.165, 1.54) is 23.9 Å². The van der Waals surface area contributed by atoms with Gasteiger partial charge < -0.3 is 9.52 Å². The number of aromatic hydroxyl groups is 1. The van der Waals surface area contributed by atoms with Crippen LogP contribution in [0.1, 0.15) is 11.1 Å². The average molecular weight is 316 g/mol. The normalized spacial score (nSPS) is 10.8. The van der Waals surface area contributed by atoms with Gasteiger partial charge in [-0.05, 0) is 42.3 Å². The van der Waals surface area contributed by atoms with Gasteiger partial charge in [-0.1, -0.05) is 30.0 Å². The number of hydrogen-bond acceptors (Lipinski definition) is 5. The minimum absolute atomic E-state index is 0.110. The first-order valence-corrected chi connectivity index (χ1v) is 7.61. The van der Waals surface area contributed by atoms with Gasteiger partial charge in [-0.2, -0.15) is 0 Å². The molecule has 0 aliphatic heterocycles. The third-order valence-electron chi connectivity index (χ3n) is 3.07. The molecule has 1 aromatic heterocycles. The minimum Gasteiger partial charge on any atom is -0.507 e. The van der Waals surface area contributed by atoms with E-state index < -0.39 is 0 Å². The van der Waals surface area contributed by atoms with Crippen LogP contribution >= 0.6 is 11.8 Å². The predicted octanol–water partition coefficient (Wildman–Crippen LogP) is 4.18. The molecular weight excluding hydrogens is 303 g/mol. The Kier molecular flexibility index (Phi) is 4.11. The quantitative estimate of drug-likeness (QED) is 0.732. The van der Waals surface area contributed by atoms with Gasteiger partial charge >= 0.3 is 0 Å². The largest absolute Gasteiger partial charge is 0.507 e. The average Bonchev–Trinajstić information content (AvgIpc) is 2.95. The number of benzene rings is 2. The van der Waals surface area contributed by atoms with E-state index in [0.717, 1.165) is 11.1 Å². The van der Waals surface area contributed by atoms with Gasteiger partial charge in [0.25, 0.3) is 11.1 Å². The van der Waals surface area contributed by atoms with Crippen molar-refractivity contribution in [2.24, 2.45) is 0 Å². The number of thioether (sulfide) groups is 1. The SMILES string of the molecule is Cc1ccc(-c2nnc(SCc3ccc(F)cc3)o2)c(O)c1. The van der Waals surface area contributed by atoms with Crippen LogP contribution in [0.3, 0.4) is 0 Å². The highest BCUT2D eigenvalue weighted by molar-refractivity contribution is 7.98. The first-order chi connectivity index (χ1) is 10.6. The van der Waals surface area contributed by atoms with Crippen molar-refractivity contribution in [3.8, 4) is 17.2 Å². The van der Waals surface area contributed by atoms with Crippen molar-refractivity contribution in [1.82, 2.24) is 10.2 Å². The molecule has 0 aliphatic rings. The van der Waals surface area contributed by atoms with Crippen LogP contribution < -0.4 is 0 Å². The summed E-state index contributed by atoms with van der Waals surface area (Å²) in [5.74, 6) is 0.725. The lowest BCUT2D eigenvalue weighted by molar-refractivity contribution is 0.452. The molecule has 6 heteroatoms. The second kappa shape index (κ2) is 6.19.